The lowest BCUT2D eigenvalue weighted by Crippen LogP contribution is -2.14. The van der Waals surface area contributed by atoms with Crippen LogP contribution in [0.3, 0.4) is 0 Å². The molecular formula is C12H16N2OS. The van der Waals surface area contributed by atoms with Gasteiger partial charge in [-0.25, -0.2) is 0 Å². The molecule has 0 bridgehead atoms. The van der Waals surface area contributed by atoms with E-state index in [2.05, 4.69) is 28.6 Å². The van der Waals surface area contributed by atoms with Crippen molar-refractivity contribution in [1.82, 2.24) is 9.55 Å². The normalized spacial score (nSPS) is 13.2. The third-order valence-corrected chi connectivity index (χ3v) is 3.18. The van der Waals surface area contributed by atoms with Crippen LogP contribution < -0.4 is 0 Å². The third kappa shape index (κ3) is 1.90. The number of hydrogen-bond donors (Lipinski definition) is 1. The van der Waals surface area contributed by atoms with Gasteiger partial charge in [-0.2, -0.15) is 0 Å². The molecule has 16 heavy (non-hydrogen) atoms. The Bertz CT molecular complexity index is 556. The molecule has 0 fully saturated rings. The van der Waals surface area contributed by atoms with Crippen LogP contribution in [0.15, 0.2) is 18.2 Å². The first-order chi connectivity index (χ1) is 7.63. The van der Waals surface area contributed by atoms with Crippen molar-refractivity contribution in [2.24, 2.45) is 0 Å². The van der Waals surface area contributed by atoms with Crippen LogP contribution in [0, 0.1) is 11.7 Å². The lowest BCUT2D eigenvalue weighted by molar-refractivity contribution is 0.104. The highest BCUT2D eigenvalue weighted by Crippen LogP contribution is 2.18. The van der Waals surface area contributed by atoms with E-state index in [4.69, 9.17) is 17.0 Å². The molecule has 1 atom stereocenters. The zero-order chi connectivity index (χ0) is 11.7. The van der Waals surface area contributed by atoms with E-state index in [-0.39, 0.29) is 6.10 Å². The molecule has 2 rings (SSSR count). The Hall–Kier alpha value is -1.13. The number of hydrogen-bond acceptors (Lipinski definition) is 2. The van der Waals surface area contributed by atoms with Crippen LogP contribution in [0.4, 0.5) is 0 Å². The maximum atomic E-state index is 5.33. The Morgan fingerprint density at radius 3 is 2.94 bits per heavy atom. The maximum absolute atomic E-state index is 5.33. The van der Waals surface area contributed by atoms with Gasteiger partial charge in [0.1, 0.15) is 0 Å². The van der Waals surface area contributed by atoms with E-state index in [0.29, 0.717) is 0 Å². The minimum absolute atomic E-state index is 0.159. The highest BCUT2D eigenvalue weighted by Gasteiger charge is 2.08. The average molecular weight is 236 g/mol. The van der Waals surface area contributed by atoms with Gasteiger partial charge >= 0.3 is 0 Å². The van der Waals surface area contributed by atoms with Crippen molar-refractivity contribution in [3.8, 4) is 0 Å². The largest absolute Gasteiger partial charge is 0.380 e. The van der Waals surface area contributed by atoms with Gasteiger partial charge in [0.2, 0.25) is 0 Å². The maximum Gasteiger partial charge on any atom is 0.178 e. The molecule has 1 N–H and O–H groups in total. The molecule has 0 amide bonds. The number of rotatable bonds is 3. The monoisotopic (exact) mass is 236 g/mol. The summed E-state index contributed by atoms with van der Waals surface area (Å²) in [6.45, 7) is 4.90. The van der Waals surface area contributed by atoms with Crippen LogP contribution in [0.2, 0.25) is 0 Å². The van der Waals surface area contributed by atoms with Gasteiger partial charge in [-0.3, -0.25) is 0 Å². The summed E-state index contributed by atoms with van der Waals surface area (Å²) in [5.74, 6) is 0. The summed E-state index contributed by atoms with van der Waals surface area (Å²) in [7, 11) is 1.72. The number of ether oxygens (including phenoxy) is 1. The molecule has 0 spiro atoms. The minimum atomic E-state index is 0.159. The van der Waals surface area contributed by atoms with Gasteiger partial charge in [-0.15, -0.1) is 0 Å². The Morgan fingerprint density at radius 1 is 1.50 bits per heavy atom. The number of H-pyrrole nitrogens is 1. The lowest BCUT2D eigenvalue weighted by atomic mass is 10.2. The van der Waals surface area contributed by atoms with E-state index in [1.807, 2.05) is 13.0 Å². The van der Waals surface area contributed by atoms with Crippen LogP contribution >= 0.6 is 12.2 Å². The van der Waals surface area contributed by atoms with E-state index < -0.39 is 0 Å². The average Bonchev–Trinajstić information content (AvgIpc) is 2.58. The molecule has 0 radical (unpaired) electrons. The Morgan fingerprint density at radius 2 is 2.25 bits per heavy atom. The minimum Gasteiger partial charge on any atom is -0.380 e. The Labute approximate surface area is 100 Å². The second kappa shape index (κ2) is 4.39. The number of methoxy groups -OCH3 is 1. The molecule has 1 aromatic carbocycles. The molecule has 1 unspecified atom stereocenters. The van der Waals surface area contributed by atoms with Crippen molar-refractivity contribution in [2.45, 2.75) is 26.5 Å². The van der Waals surface area contributed by atoms with E-state index in [9.17, 15) is 0 Å². The number of fused-ring (bicyclic) bond motifs is 1. The molecule has 4 heteroatoms. The number of imidazole rings is 1. The molecule has 2 aromatic rings. The first-order valence-electron chi connectivity index (χ1n) is 5.34. The summed E-state index contributed by atoms with van der Waals surface area (Å²) in [6, 6.07) is 6.21. The molecule has 0 aliphatic rings. The highest BCUT2D eigenvalue weighted by atomic mass is 32.1. The van der Waals surface area contributed by atoms with Crippen molar-refractivity contribution in [2.75, 3.05) is 7.11 Å². The first-order valence-corrected chi connectivity index (χ1v) is 5.75. The fourth-order valence-corrected chi connectivity index (χ4v) is 2.11. The van der Waals surface area contributed by atoms with E-state index in [0.717, 1.165) is 22.3 Å². The van der Waals surface area contributed by atoms with Crippen molar-refractivity contribution in [3.05, 3.63) is 28.5 Å². The fraction of sp³-hybridized carbons (Fsp3) is 0.417. The van der Waals surface area contributed by atoms with Crippen LogP contribution in [-0.4, -0.2) is 22.8 Å². The van der Waals surface area contributed by atoms with Gasteiger partial charge in [0.15, 0.2) is 4.77 Å². The number of aromatic amines is 1. The molecule has 1 aromatic heterocycles. The SMILES string of the molecule is COC(C)Cn1c(=S)[nH]c2c(C)cccc21. The van der Waals surface area contributed by atoms with Crippen LogP contribution in [0.1, 0.15) is 12.5 Å². The molecule has 1 heterocycles. The van der Waals surface area contributed by atoms with Crippen molar-refractivity contribution >= 4 is 23.3 Å². The predicted molar refractivity (Wildman–Crippen MR) is 68.3 cm³/mol. The van der Waals surface area contributed by atoms with Gasteiger partial charge in [0.25, 0.3) is 0 Å². The summed E-state index contributed by atoms with van der Waals surface area (Å²) in [5, 5.41) is 0. The number of aryl methyl sites for hydroxylation is 1. The second-order valence-corrected chi connectivity index (χ2v) is 4.44. The third-order valence-electron chi connectivity index (χ3n) is 2.86. The number of nitrogens with one attached hydrogen (secondary N) is 1. The van der Waals surface area contributed by atoms with E-state index >= 15 is 0 Å². The molecule has 86 valence electrons. The zero-order valence-corrected chi connectivity index (χ0v) is 10.6. The number of aromatic nitrogens is 2. The van der Waals surface area contributed by atoms with Crippen molar-refractivity contribution < 1.29 is 4.74 Å². The molecule has 0 aliphatic carbocycles. The molecule has 3 nitrogen and oxygen atoms in total. The molecule has 0 aliphatic heterocycles. The molecule has 0 saturated carbocycles. The predicted octanol–water partition coefficient (Wildman–Crippen LogP) is 3.04. The van der Waals surface area contributed by atoms with Crippen LogP contribution in [0.25, 0.3) is 11.0 Å². The molecular weight excluding hydrogens is 220 g/mol. The van der Waals surface area contributed by atoms with E-state index in [1.54, 1.807) is 7.11 Å². The number of para-hydroxylation sites is 1. The quantitative estimate of drug-likeness (QED) is 0.830. The van der Waals surface area contributed by atoms with Crippen molar-refractivity contribution in [1.29, 1.82) is 0 Å². The fourth-order valence-electron chi connectivity index (χ4n) is 1.84. The second-order valence-electron chi connectivity index (χ2n) is 4.06. The topological polar surface area (TPSA) is 29.9 Å². The van der Waals surface area contributed by atoms with Crippen LogP contribution in [-0.2, 0) is 11.3 Å². The van der Waals surface area contributed by atoms with E-state index in [1.165, 1.54) is 5.56 Å². The number of benzene rings is 1. The number of nitrogens with zero attached hydrogens (tertiary/aromatic N) is 1. The van der Waals surface area contributed by atoms with Gasteiger partial charge < -0.3 is 14.3 Å². The van der Waals surface area contributed by atoms with Gasteiger partial charge in [0, 0.05) is 7.11 Å². The summed E-state index contributed by atoms with van der Waals surface area (Å²) in [5.41, 5.74) is 3.48. The Kier molecular flexibility index (Phi) is 3.12. The highest BCUT2D eigenvalue weighted by molar-refractivity contribution is 7.71. The van der Waals surface area contributed by atoms with Crippen LogP contribution in [0.5, 0.6) is 0 Å². The smallest absolute Gasteiger partial charge is 0.178 e. The summed E-state index contributed by atoms with van der Waals surface area (Å²) in [6.07, 6.45) is 0.159. The lowest BCUT2D eigenvalue weighted by Gasteiger charge is -2.11. The van der Waals surface area contributed by atoms with Crippen molar-refractivity contribution in [3.63, 3.8) is 0 Å². The van der Waals surface area contributed by atoms with Gasteiger partial charge in [-0.1, -0.05) is 12.1 Å². The summed E-state index contributed by atoms with van der Waals surface area (Å²) < 4.78 is 8.12. The van der Waals surface area contributed by atoms with Gasteiger partial charge in [-0.05, 0) is 37.7 Å². The first kappa shape index (κ1) is 11.4. The molecule has 0 saturated heterocycles. The summed E-state index contributed by atoms with van der Waals surface area (Å²) in [4.78, 5) is 3.25. The van der Waals surface area contributed by atoms with Gasteiger partial charge in [0.05, 0.1) is 23.7 Å². The zero-order valence-electron chi connectivity index (χ0n) is 9.78. The standard InChI is InChI=1S/C12H16N2OS/c1-8-5-4-6-10-11(8)13-12(16)14(10)7-9(2)15-3/h4-6,9H,7H2,1-3H3,(H,13,16). The summed E-state index contributed by atoms with van der Waals surface area (Å²) >= 11 is 5.33. The Balaban J connectivity index is 2.57.